The van der Waals surface area contributed by atoms with E-state index in [1.807, 2.05) is 0 Å². The van der Waals surface area contributed by atoms with E-state index in [0.29, 0.717) is 24.2 Å². The van der Waals surface area contributed by atoms with E-state index in [4.69, 9.17) is 4.74 Å². The van der Waals surface area contributed by atoms with Crippen LogP contribution >= 0.6 is 0 Å². The van der Waals surface area contributed by atoms with Gasteiger partial charge in [-0.2, -0.15) is 0 Å². The Morgan fingerprint density at radius 2 is 2.00 bits per heavy atom. The fourth-order valence-corrected chi connectivity index (χ4v) is 2.56. The molecule has 0 spiro atoms. The molecule has 0 amide bonds. The summed E-state index contributed by atoms with van der Waals surface area (Å²) in [6.45, 7) is 0. The molecule has 2 atom stereocenters. The molecule has 0 radical (unpaired) electrons. The third-order valence-electron chi connectivity index (χ3n) is 3.64. The number of Topliss-reactive ketones (excluding diaryl/α,β-unsaturated/α-hetero) is 1. The maximum absolute atomic E-state index is 11.4. The van der Waals surface area contributed by atoms with Gasteiger partial charge in [0.2, 0.25) is 0 Å². The molecule has 102 valence electrons. The van der Waals surface area contributed by atoms with E-state index in [1.54, 1.807) is 31.4 Å². The van der Waals surface area contributed by atoms with Gasteiger partial charge in [-0.1, -0.05) is 12.1 Å². The fraction of sp³-hybridized carbons (Fsp3) is 0.429. The van der Waals surface area contributed by atoms with Crippen LogP contribution in [0.15, 0.2) is 24.3 Å². The Labute approximate surface area is 110 Å². The van der Waals surface area contributed by atoms with E-state index >= 15 is 0 Å². The Kier molecular flexibility index (Phi) is 3.57. The van der Waals surface area contributed by atoms with Gasteiger partial charge in [0.25, 0.3) is 0 Å². The smallest absolute Gasteiger partial charge is 0.336 e. The van der Waals surface area contributed by atoms with Gasteiger partial charge < -0.3 is 14.9 Å². The van der Waals surface area contributed by atoms with E-state index in [1.165, 1.54) is 0 Å². The molecule has 1 saturated carbocycles. The zero-order chi connectivity index (χ0) is 14.0. The van der Waals surface area contributed by atoms with Crippen LogP contribution in [0.2, 0.25) is 0 Å². The molecule has 0 aliphatic heterocycles. The number of aliphatic carboxylic acids is 1. The summed E-state index contributed by atoms with van der Waals surface area (Å²) in [6, 6.07) is 6.89. The summed E-state index contributed by atoms with van der Waals surface area (Å²) >= 11 is 0. The monoisotopic (exact) mass is 264 g/mol. The number of ether oxygens (including phenoxy) is 1. The lowest BCUT2D eigenvalue weighted by Gasteiger charge is -2.36. The maximum Gasteiger partial charge on any atom is 0.336 e. The molecule has 0 heterocycles. The first kappa shape index (κ1) is 13.5. The average Bonchev–Trinajstić information content (AvgIpc) is 2.39. The molecule has 0 bridgehead atoms. The minimum atomic E-state index is -2.01. The van der Waals surface area contributed by atoms with Crippen molar-refractivity contribution < 1.29 is 24.5 Å². The van der Waals surface area contributed by atoms with Crippen molar-refractivity contribution in [2.24, 2.45) is 0 Å². The first-order valence-electron chi connectivity index (χ1n) is 6.09. The van der Waals surface area contributed by atoms with Gasteiger partial charge in [0.1, 0.15) is 11.5 Å². The summed E-state index contributed by atoms with van der Waals surface area (Å²) in [5.41, 5.74) is -1.30. The number of carboxylic acid groups (broad SMARTS) is 1. The van der Waals surface area contributed by atoms with Crippen LogP contribution in [0.3, 0.4) is 0 Å². The molecule has 2 N–H and O–H groups in total. The molecular formula is C14H16O5. The quantitative estimate of drug-likeness (QED) is 0.860. The van der Waals surface area contributed by atoms with Crippen LogP contribution in [0.1, 0.15) is 30.7 Å². The predicted molar refractivity (Wildman–Crippen MR) is 67.2 cm³/mol. The highest BCUT2D eigenvalue weighted by atomic mass is 16.5. The van der Waals surface area contributed by atoms with Crippen molar-refractivity contribution in [2.75, 3.05) is 7.11 Å². The highest BCUT2D eigenvalue weighted by molar-refractivity contribution is 5.90. The molecule has 5 heteroatoms. The van der Waals surface area contributed by atoms with Crippen LogP contribution < -0.4 is 4.74 Å². The summed E-state index contributed by atoms with van der Waals surface area (Å²) in [5, 5.41) is 19.5. The highest BCUT2D eigenvalue weighted by Crippen LogP contribution is 2.40. The maximum atomic E-state index is 11.4. The van der Waals surface area contributed by atoms with Gasteiger partial charge in [-0.3, -0.25) is 4.79 Å². The summed E-state index contributed by atoms with van der Waals surface area (Å²) in [7, 11) is 1.54. The van der Waals surface area contributed by atoms with Crippen molar-refractivity contribution in [3.05, 3.63) is 29.8 Å². The SMILES string of the molecule is COc1ccc([C@@H]2CCC(=O)C[C@]2(O)C(=O)O)cc1. The molecule has 1 aliphatic rings. The largest absolute Gasteiger partial charge is 0.497 e. The molecule has 0 unspecified atom stereocenters. The zero-order valence-electron chi connectivity index (χ0n) is 10.6. The number of carbonyl (C=O) groups excluding carboxylic acids is 1. The lowest BCUT2D eigenvalue weighted by Crippen LogP contribution is -2.49. The number of benzene rings is 1. The average molecular weight is 264 g/mol. The van der Waals surface area contributed by atoms with Gasteiger partial charge >= 0.3 is 5.97 Å². The van der Waals surface area contributed by atoms with E-state index in [9.17, 15) is 19.8 Å². The Balaban J connectivity index is 2.34. The minimum absolute atomic E-state index is 0.213. The number of ketones is 1. The van der Waals surface area contributed by atoms with Gasteiger partial charge in [-0.05, 0) is 24.1 Å². The third-order valence-corrected chi connectivity index (χ3v) is 3.64. The molecule has 5 nitrogen and oxygen atoms in total. The van der Waals surface area contributed by atoms with Gasteiger partial charge in [0.05, 0.1) is 7.11 Å². The Morgan fingerprint density at radius 3 is 2.53 bits per heavy atom. The molecular weight excluding hydrogens is 248 g/mol. The van der Waals surface area contributed by atoms with Crippen LogP contribution in [0.5, 0.6) is 5.75 Å². The first-order chi connectivity index (χ1) is 8.97. The molecule has 2 rings (SSSR count). The molecule has 1 aromatic carbocycles. The normalized spacial score (nSPS) is 27.1. The summed E-state index contributed by atoms with van der Waals surface area (Å²) in [4.78, 5) is 22.7. The second-order valence-electron chi connectivity index (χ2n) is 4.81. The number of hydrogen-bond donors (Lipinski definition) is 2. The van der Waals surface area contributed by atoms with Crippen molar-refractivity contribution >= 4 is 11.8 Å². The third kappa shape index (κ3) is 2.46. The second-order valence-corrected chi connectivity index (χ2v) is 4.81. The van der Waals surface area contributed by atoms with Crippen LogP contribution in [0, 0.1) is 0 Å². The molecule has 19 heavy (non-hydrogen) atoms. The first-order valence-corrected chi connectivity index (χ1v) is 6.09. The number of hydrogen-bond acceptors (Lipinski definition) is 4. The van der Waals surface area contributed by atoms with Gasteiger partial charge in [-0.15, -0.1) is 0 Å². The number of rotatable bonds is 3. The van der Waals surface area contributed by atoms with E-state index < -0.39 is 17.5 Å². The van der Waals surface area contributed by atoms with Crippen LogP contribution in [0.25, 0.3) is 0 Å². The van der Waals surface area contributed by atoms with Gasteiger partial charge in [-0.25, -0.2) is 4.79 Å². The number of carbonyl (C=O) groups is 2. The van der Waals surface area contributed by atoms with Crippen LogP contribution in [-0.2, 0) is 9.59 Å². The van der Waals surface area contributed by atoms with Crippen LogP contribution in [-0.4, -0.2) is 34.7 Å². The van der Waals surface area contributed by atoms with Crippen molar-refractivity contribution in [3.8, 4) is 5.75 Å². The minimum Gasteiger partial charge on any atom is -0.497 e. The van der Waals surface area contributed by atoms with Gasteiger partial charge in [0, 0.05) is 18.8 Å². The van der Waals surface area contributed by atoms with Gasteiger partial charge in [0.15, 0.2) is 5.60 Å². The van der Waals surface area contributed by atoms with Crippen molar-refractivity contribution in [1.29, 1.82) is 0 Å². The highest BCUT2D eigenvalue weighted by Gasteiger charge is 2.49. The Hall–Kier alpha value is -1.88. The molecule has 0 aromatic heterocycles. The van der Waals surface area contributed by atoms with Crippen molar-refractivity contribution in [3.63, 3.8) is 0 Å². The van der Waals surface area contributed by atoms with Crippen molar-refractivity contribution in [1.82, 2.24) is 0 Å². The van der Waals surface area contributed by atoms with E-state index in [-0.39, 0.29) is 12.2 Å². The second kappa shape index (κ2) is 5.01. The standard InChI is InChI=1S/C14H16O5/c1-19-11-5-2-9(3-6-11)12-7-4-10(15)8-14(12,18)13(16)17/h2-3,5-6,12,18H,4,7-8H2,1H3,(H,16,17)/t12-,14+/m0/s1. The summed E-state index contributed by atoms with van der Waals surface area (Å²) in [5.74, 6) is -1.47. The Morgan fingerprint density at radius 1 is 1.37 bits per heavy atom. The lowest BCUT2D eigenvalue weighted by molar-refractivity contribution is -0.167. The molecule has 1 fully saturated rings. The van der Waals surface area contributed by atoms with E-state index in [0.717, 1.165) is 0 Å². The fourth-order valence-electron chi connectivity index (χ4n) is 2.56. The van der Waals surface area contributed by atoms with E-state index in [2.05, 4.69) is 0 Å². The molecule has 1 aromatic rings. The predicted octanol–water partition coefficient (Wildman–Crippen LogP) is 1.35. The topological polar surface area (TPSA) is 83.8 Å². The number of carboxylic acids is 1. The Bertz CT molecular complexity index is 493. The zero-order valence-corrected chi connectivity index (χ0v) is 10.6. The summed E-state index contributed by atoms with van der Waals surface area (Å²) < 4.78 is 5.04. The summed E-state index contributed by atoms with van der Waals surface area (Å²) in [6.07, 6.45) is 0.305. The molecule has 0 saturated heterocycles. The van der Waals surface area contributed by atoms with Crippen LogP contribution in [0.4, 0.5) is 0 Å². The lowest BCUT2D eigenvalue weighted by atomic mass is 9.71. The number of methoxy groups -OCH3 is 1. The molecule has 1 aliphatic carbocycles. The number of aliphatic hydroxyl groups is 1. The van der Waals surface area contributed by atoms with Crippen molar-refractivity contribution in [2.45, 2.75) is 30.8 Å².